The molecular formula is C12H10BrF3N4. The van der Waals surface area contributed by atoms with Crippen LogP contribution in [-0.4, -0.2) is 9.97 Å². The summed E-state index contributed by atoms with van der Waals surface area (Å²) in [5, 5.41) is 2.81. The number of hydrogen-bond donors (Lipinski definition) is 2. The molecule has 0 amide bonds. The summed E-state index contributed by atoms with van der Waals surface area (Å²) in [7, 11) is 0. The van der Waals surface area contributed by atoms with Crippen molar-refractivity contribution in [2.24, 2.45) is 0 Å². The van der Waals surface area contributed by atoms with E-state index in [1.54, 1.807) is 12.1 Å². The van der Waals surface area contributed by atoms with Crippen LogP contribution in [0.3, 0.4) is 0 Å². The minimum absolute atomic E-state index is 0.00831. The molecule has 2 aromatic rings. The molecule has 0 spiro atoms. The third kappa shape index (κ3) is 3.19. The van der Waals surface area contributed by atoms with Crippen LogP contribution in [0.1, 0.15) is 11.4 Å². The van der Waals surface area contributed by atoms with E-state index >= 15 is 0 Å². The fourth-order valence-corrected chi connectivity index (χ4v) is 1.90. The van der Waals surface area contributed by atoms with Gasteiger partial charge in [0.15, 0.2) is 0 Å². The highest BCUT2D eigenvalue weighted by Gasteiger charge is 2.35. The summed E-state index contributed by atoms with van der Waals surface area (Å²) in [5.41, 5.74) is 6.85. The van der Waals surface area contributed by atoms with Gasteiger partial charge in [0.05, 0.1) is 0 Å². The van der Waals surface area contributed by atoms with Gasteiger partial charge in [0, 0.05) is 16.2 Å². The summed E-state index contributed by atoms with van der Waals surface area (Å²) in [5.74, 6) is -1.53. The first kappa shape index (κ1) is 14.6. The zero-order chi connectivity index (χ0) is 14.9. The van der Waals surface area contributed by atoms with Crippen molar-refractivity contribution in [3.8, 4) is 0 Å². The van der Waals surface area contributed by atoms with Crippen LogP contribution < -0.4 is 11.1 Å². The van der Waals surface area contributed by atoms with E-state index in [9.17, 15) is 13.2 Å². The number of benzene rings is 1. The number of aromatic nitrogens is 2. The molecule has 0 aliphatic heterocycles. The number of nitrogens with zero attached hydrogens (tertiary/aromatic N) is 2. The third-order valence-electron chi connectivity index (χ3n) is 2.53. The Kier molecular flexibility index (Phi) is 3.85. The lowest BCUT2D eigenvalue weighted by Gasteiger charge is -2.12. The van der Waals surface area contributed by atoms with Crippen molar-refractivity contribution in [3.05, 3.63) is 40.1 Å². The topological polar surface area (TPSA) is 63.8 Å². The number of halogens is 4. The largest absolute Gasteiger partial charge is 0.451 e. The molecule has 8 heteroatoms. The maximum atomic E-state index is 12.6. The number of hydrogen-bond acceptors (Lipinski definition) is 4. The first-order valence-electron chi connectivity index (χ1n) is 5.51. The Morgan fingerprint density at radius 2 is 1.95 bits per heavy atom. The Hall–Kier alpha value is -1.83. The van der Waals surface area contributed by atoms with Crippen molar-refractivity contribution in [1.29, 1.82) is 0 Å². The van der Waals surface area contributed by atoms with Crippen molar-refractivity contribution in [3.63, 3.8) is 0 Å². The minimum atomic E-state index is -4.64. The molecule has 0 aliphatic carbocycles. The number of nitrogen functional groups attached to an aromatic ring is 1. The third-order valence-corrected chi connectivity index (χ3v) is 3.39. The van der Waals surface area contributed by atoms with Gasteiger partial charge in [-0.25, -0.2) is 9.97 Å². The summed E-state index contributed by atoms with van der Waals surface area (Å²) in [4.78, 5) is 6.61. The van der Waals surface area contributed by atoms with Crippen LogP contribution in [0, 0.1) is 6.92 Å². The van der Waals surface area contributed by atoms with Crippen LogP contribution in [-0.2, 0) is 6.18 Å². The predicted octanol–water partition coefficient (Wildman–Crippen LogP) is 3.89. The smallest absolute Gasteiger partial charge is 0.384 e. The number of anilines is 3. The van der Waals surface area contributed by atoms with Gasteiger partial charge in [0.1, 0.15) is 11.6 Å². The van der Waals surface area contributed by atoms with Crippen molar-refractivity contribution >= 4 is 33.3 Å². The average molecular weight is 347 g/mol. The molecule has 0 unspecified atom stereocenters. The first-order chi connectivity index (χ1) is 9.27. The highest BCUT2D eigenvalue weighted by atomic mass is 79.9. The van der Waals surface area contributed by atoms with Crippen molar-refractivity contribution < 1.29 is 13.2 Å². The summed E-state index contributed by atoms with van der Waals surface area (Å²) in [6.45, 7) is 1.82. The standard InChI is InChI=1S/C12H10BrF3N4/c1-6-7(13)3-2-4-8(6)18-10-5-9(17)19-11(20-10)12(14,15)16/h2-5H,1H3,(H3,17,18,19,20). The van der Waals surface area contributed by atoms with Gasteiger partial charge in [-0.1, -0.05) is 22.0 Å². The van der Waals surface area contributed by atoms with E-state index in [0.29, 0.717) is 5.69 Å². The fourth-order valence-electron chi connectivity index (χ4n) is 1.54. The van der Waals surface area contributed by atoms with Gasteiger partial charge in [-0.2, -0.15) is 13.2 Å². The second-order valence-corrected chi connectivity index (χ2v) is 4.89. The van der Waals surface area contributed by atoms with Gasteiger partial charge in [0.25, 0.3) is 0 Å². The molecule has 0 saturated carbocycles. The Morgan fingerprint density at radius 3 is 2.60 bits per heavy atom. The van der Waals surface area contributed by atoms with Gasteiger partial charge < -0.3 is 11.1 Å². The highest BCUT2D eigenvalue weighted by molar-refractivity contribution is 9.10. The van der Waals surface area contributed by atoms with E-state index in [4.69, 9.17) is 5.73 Å². The number of nitrogens with two attached hydrogens (primary N) is 1. The van der Waals surface area contributed by atoms with Crippen molar-refractivity contribution in [2.45, 2.75) is 13.1 Å². The van der Waals surface area contributed by atoms with Gasteiger partial charge in [0.2, 0.25) is 5.82 Å². The SMILES string of the molecule is Cc1c(Br)cccc1Nc1cc(N)nc(C(F)(F)F)n1. The maximum absolute atomic E-state index is 12.6. The molecule has 3 N–H and O–H groups in total. The van der Waals surface area contributed by atoms with Crippen molar-refractivity contribution in [1.82, 2.24) is 9.97 Å². The lowest BCUT2D eigenvalue weighted by Crippen LogP contribution is -2.13. The van der Waals surface area contributed by atoms with Crippen LogP contribution in [0.5, 0.6) is 0 Å². The van der Waals surface area contributed by atoms with Crippen LogP contribution in [0.15, 0.2) is 28.7 Å². The van der Waals surface area contributed by atoms with Crippen LogP contribution in [0.4, 0.5) is 30.5 Å². The lowest BCUT2D eigenvalue weighted by molar-refractivity contribution is -0.144. The second-order valence-electron chi connectivity index (χ2n) is 4.04. The molecule has 0 saturated heterocycles. The zero-order valence-electron chi connectivity index (χ0n) is 10.3. The molecule has 0 bridgehead atoms. The number of nitrogens with one attached hydrogen (secondary N) is 1. The van der Waals surface area contributed by atoms with Gasteiger partial charge in [-0.05, 0) is 24.6 Å². The van der Waals surface area contributed by atoms with Crippen LogP contribution in [0.2, 0.25) is 0 Å². The molecule has 20 heavy (non-hydrogen) atoms. The van der Waals surface area contributed by atoms with E-state index in [2.05, 4.69) is 31.2 Å². The molecular weight excluding hydrogens is 337 g/mol. The Labute approximate surface area is 121 Å². The summed E-state index contributed by atoms with van der Waals surface area (Å²) >= 11 is 3.34. The molecule has 4 nitrogen and oxygen atoms in total. The first-order valence-corrected chi connectivity index (χ1v) is 6.30. The Bertz CT molecular complexity index is 643. The molecule has 0 aliphatic rings. The van der Waals surface area contributed by atoms with E-state index in [1.165, 1.54) is 6.07 Å². The van der Waals surface area contributed by atoms with Crippen LogP contribution in [0.25, 0.3) is 0 Å². The highest BCUT2D eigenvalue weighted by Crippen LogP contribution is 2.30. The van der Waals surface area contributed by atoms with E-state index in [0.717, 1.165) is 10.0 Å². The normalized spacial score (nSPS) is 11.4. The minimum Gasteiger partial charge on any atom is -0.384 e. The van der Waals surface area contributed by atoms with Crippen LogP contribution >= 0.6 is 15.9 Å². The van der Waals surface area contributed by atoms with E-state index in [1.807, 2.05) is 13.0 Å². The summed E-state index contributed by atoms with van der Waals surface area (Å²) in [6, 6.07) is 6.56. The quantitative estimate of drug-likeness (QED) is 0.865. The van der Waals surface area contributed by atoms with Gasteiger partial charge in [-0.15, -0.1) is 0 Å². The van der Waals surface area contributed by atoms with Gasteiger partial charge in [-0.3, -0.25) is 0 Å². The Balaban J connectivity index is 2.39. The summed E-state index contributed by atoms with van der Waals surface area (Å²) < 4.78 is 38.7. The lowest BCUT2D eigenvalue weighted by atomic mass is 10.2. The number of rotatable bonds is 2. The number of alkyl halides is 3. The van der Waals surface area contributed by atoms with E-state index < -0.39 is 12.0 Å². The molecule has 106 valence electrons. The molecule has 0 fully saturated rings. The molecule has 0 radical (unpaired) electrons. The maximum Gasteiger partial charge on any atom is 0.451 e. The summed E-state index contributed by atoms with van der Waals surface area (Å²) in [6.07, 6.45) is -4.64. The van der Waals surface area contributed by atoms with Crippen molar-refractivity contribution in [2.75, 3.05) is 11.1 Å². The Morgan fingerprint density at radius 1 is 1.25 bits per heavy atom. The average Bonchev–Trinajstić information content (AvgIpc) is 2.33. The molecule has 2 rings (SSSR count). The van der Waals surface area contributed by atoms with Gasteiger partial charge >= 0.3 is 6.18 Å². The second kappa shape index (κ2) is 5.28. The predicted molar refractivity (Wildman–Crippen MR) is 73.6 cm³/mol. The monoisotopic (exact) mass is 346 g/mol. The molecule has 1 aromatic heterocycles. The fraction of sp³-hybridized carbons (Fsp3) is 0.167. The molecule has 1 aromatic carbocycles. The van der Waals surface area contributed by atoms with E-state index in [-0.39, 0.29) is 11.6 Å². The molecule has 1 heterocycles. The zero-order valence-corrected chi connectivity index (χ0v) is 11.9. The molecule has 0 atom stereocenters.